The van der Waals surface area contributed by atoms with E-state index in [1.54, 1.807) is 22.9 Å². The highest BCUT2D eigenvalue weighted by Gasteiger charge is 2.16. The number of aromatic nitrogens is 1. The van der Waals surface area contributed by atoms with Crippen LogP contribution in [0.5, 0.6) is 11.5 Å². The van der Waals surface area contributed by atoms with Crippen LogP contribution in [0.25, 0.3) is 11.3 Å². The molecule has 1 aliphatic heterocycles. The van der Waals surface area contributed by atoms with Gasteiger partial charge in [0, 0.05) is 27.0 Å². The van der Waals surface area contributed by atoms with Crippen molar-refractivity contribution in [3.8, 4) is 22.8 Å². The second-order valence-corrected chi connectivity index (χ2v) is 9.09. The molecule has 0 bridgehead atoms. The predicted molar refractivity (Wildman–Crippen MR) is 134 cm³/mol. The number of benzene rings is 3. The van der Waals surface area contributed by atoms with Crippen LogP contribution in [0, 0.1) is 10.1 Å². The van der Waals surface area contributed by atoms with Crippen molar-refractivity contribution in [2.45, 2.75) is 6.92 Å². The van der Waals surface area contributed by atoms with Gasteiger partial charge in [0.2, 0.25) is 11.6 Å². The highest BCUT2D eigenvalue weighted by Crippen LogP contribution is 2.33. The zero-order valence-corrected chi connectivity index (χ0v) is 20.2. The summed E-state index contributed by atoms with van der Waals surface area (Å²) in [5, 5.41) is 18.3. The lowest BCUT2D eigenvalue weighted by atomic mass is 10.1. The minimum absolute atomic E-state index is 0.0656. The van der Waals surface area contributed by atoms with Crippen LogP contribution >= 0.6 is 27.3 Å². The minimum Gasteiger partial charge on any atom is -0.454 e. The van der Waals surface area contributed by atoms with E-state index in [0.717, 1.165) is 27.0 Å². The molecule has 0 atom stereocenters. The maximum absolute atomic E-state index is 11.5. The Morgan fingerprint density at radius 1 is 1.09 bits per heavy atom. The number of halogens is 1. The first-order valence-corrected chi connectivity index (χ1v) is 11.9. The third-order valence-corrected chi connectivity index (χ3v) is 6.51. The van der Waals surface area contributed by atoms with Gasteiger partial charge in [-0.3, -0.25) is 10.1 Å². The lowest BCUT2D eigenvalue weighted by Gasteiger charge is -2.07. The van der Waals surface area contributed by atoms with Gasteiger partial charge in [0.05, 0.1) is 16.3 Å². The number of rotatable bonds is 5. The van der Waals surface area contributed by atoms with E-state index in [1.807, 2.05) is 54.8 Å². The second-order valence-electron chi connectivity index (χ2n) is 7.33. The standard InChI is InChI=1S/C24H17BrN4O4S/c1-15(17-8-11-22-23(12-17)33-14-32-22)27-28-21(16-6-9-18(25)10-7-16)13-34-24(28)26-19-4-2-3-5-20(19)29(30)31/h2-13H,14H2,1H3. The van der Waals surface area contributed by atoms with Crippen LogP contribution in [0.2, 0.25) is 0 Å². The topological polar surface area (TPSA) is 91.2 Å². The van der Waals surface area contributed by atoms with Crippen LogP contribution in [0.15, 0.2) is 86.7 Å². The van der Waals surface area contributed by atoms with Gasteiger partial charge >= 0.3 is 0 Å². The van der Waals surface area contributed by atoms with Crippen molar-refractivity contribution in [1.82, 2.24) is 4.68 Å². The van der Waals surface area contributed by atoms with Crippen molar-refractivity contribution >= 4 is 44.4 Å². The lowest BCUT2D eigenvalue weighted by Crippen LogP contribution is -2.14. The van der Waals surface area contributed by atoms with Crippen molar-refractivity contribution in [1.29, 1.82) is 0 Å². The number of ether oxygens (including phenoxy) is 2. The molecule has 0 N–H and O–H groups in total. The van der Waals surface area contributed by atoms with Gasteiger partial charge < -0.3 is 9.47 Å². The van der Waals surface area contributed by atoms with E-state index in [1.165, 1.54) is 17.4 Å². The molecule has 0 unspecified atom stereocenters. The summed E-state index contributed by atoms with van der Waals surface area (Å²) in [6.07, 6.45) is 0. The fourth-order valence-electron chi connectivity index (χ4n) is 3.44. The fraction of sp³-hybridized carbons (Fsp3) is 0.0833. The molecular formula is C24H17BrN4O4S. The first-order chi connectivity index (χ1) is 16.5. The van der Waals surface area contributed by atoms with Gasteiger partial charge in [-0.15, -0.1) is 11.3 Å². The van der Waals surface area contributed by atoms with Crippen LogP contribution in [0.1, 0.15) is 12.5 Å². The number of nitrogens with zero attached hydrogens (tertiary/aromatic N) is 4. The summed E-state index contributed by atoms with van der Waals surface area (Å²) in [5.41, 5.74) is 3.53. The largest absolute Gasteiger partial charge is 0.454 e. The molecule has 2 heterocycles. The van der Waals surface area contributed by atoms with Crippen molar-refractivity contribution in [2.75, 3.05) is 6.79 Å². The van der Waals surface area contributed by atoms with Crippen molar-refractivity contribution in [3.63, 3.8) is 0 Å². The molecule has 5 rings (SSSR count). The van der Waals surface area contributed by atoms with Gasteiger partial charge in [-0.05, 0) is 43.3 Å². The Labute approximate surface area is 206 Å². The molecule has 8 nitrogen and oxygen atoms in total. The molecule has 34 heavy (non-hydrogen) atoms. The van der Waals surface area contributed by atoms with Crippen LogP contribution < -0.4 is 14.3 Å². The molecule has 0 aliphatic carbocycles. The lowest BCUT2D eigenvalue weighted by molar-refractivity contribution is -0.384. The number of para-hydroxylation sites is 2. The molecule has 170 valence electrons. The third-order valence-electron chi connectivity index (χ3n) is 5.16. The number of nitro benzene ring substituents is 1. The zero-order chi connectivity index (χ0) is 23.7. The number of fused-ring (bicyclic) bond motifs is 1. The highest BCUT2D eigenvalue weighted by atomic mass is 79.9. The summed E-state index contributed by atoms with van der Waals surface area (Å²) in [4.78, 5) is 16.2. The minimum atomic E-state index is -0.437. The molecule has 4 aromatic rings. The van der Waals surface area contributed by atoms with Crippen LogP contribution in [0.3, 0.4) is 0 Å². The number of hydrogen-bond acceptors (Lipinski definition) is 7. The molecule has 1 aliphatic rings. The molecule has 0 fully saturated rings. The summed E-state index contributed by atoms with van der Waals surface area (Å²) >= 11 is 4.82. The Morgan fingerprint density at radius 2 is 1.85 bits per heavy atom. The molecule has 0 radical (unpaired) electrons. The maximum Gasteiger partial charge on any atom is 0.294 e. The molecule has 0 saturated carbocycles. The monoisotopic (exact) mass is 536 g/mol. The summed E-state index contributed by atoms with van der Waals surface area (Å²) in [6.45, 7) is 2.09. The fourth-order valence-corrected chi connectivity index (χ4v) is 4.55. The Balaban J connectivity index is 1.68. The Morgan fingerprint density at radius 3 is 2.65 bits per heavy atom. The molecule has 3 aromatic carbocycles. The van der Waals surface area contributed by atoms with E-state index < -0.39 is 4.92 Å². The smallest absolute Gasteiger partial charge is 0.294 e. The van der Waals surface area contributed by atoms with E-state index in [4.69, 9.17) is 14.6 Å². The zero-order valence-electron chi connectivity index (χ0n) is 17.8. The highest BCUT2D eigenvalue weighted by molar-refractivity contribution is 9.10. The maximum atomic E-state index is 11.5. The summed E-state index contributed by atoms with van der Waals surface area (Å²) < 4.78 is 13.6. The van der Waals surface area contributed by atoms with Crippen molar-refractivity contribution in [3.05, 3.63) is 97.1 Å². The number of nitro groups is 1. The molecule has 0 spiro atoms. The summed E-state index contributed by atoms with van der Waals surface area (Å²) in [6, 6.07) is 19.9. The van der Waals surface area contributed by atoms with Gasteiger partial charge in [0.15, 0.2) is 11.5 Å². The normalized spacial score (nSPS) is 13.4. The summed E-state index contributed by atoms with van der Waals surface area (Å²) in [7, 11) is 0. The summed E-state index contributed by atoms with van der Waals surface area (Å²) in [5.74, 6) is 1.36. The van der Waals surface area contributed by atoms with Gasteiger partial charge in [-0.2, -0.15) is 5.10 Å². The first-order valence-electron chi connectivity index (χ1n) is 10.2. The van der Waals surface area contributed by atoms with Crippen LogP contribution in [-0.2, 0) is 0 Å². The average molecular weight is 537 g/mol. The molecular weight excluding hydrogens is 520 g/mol. The SMILES string of the molecule is CC(=Nn1c(-c2ccc(Br)cc2)csc1=Nc1ccccc1[N+](=O)[O-])c1ccc2c(c1)OCO2. The predicted octanol–water partition coefficient (Wildman–Crippen LogP) is 6.12. The van der Waals surface area contributed by atoms with Gasteiger partial charge in [0.1, 0.15) is 5.69 Å². The third kappa shape index (κ3) is 4.37. The van der Waals surface area contributed by atoms with Crippen LogP contribution in [-0.4, -0.2) is 22.1 Å². The Bertz CT molecular complexity index is 1490. The van der Waals surface area contributed by atoms with Crippen molar-refractivity contribution < 1.29 is 14.4 Å². The van der Waals surface area contributed by atoms with E-state index in [-0.39, 0.29) is 18.2 Å². The first kappa shape index (κ1) is 22.1. The van der Waals surface area contributed by atoms with E-state index >= 15 is 0 Å². The van der Waals surface area contributed by atoms with Gasteiger partial charge in [0.25, 0.3) is 5.69 Å². The molecule has 0 saturated heterocycles. The molecule has 1 aromatic heterocycles. The quantitative estimate of drug-likeness (QED) is 0.174. The second kappa shape index (κ2) is 9.24. The number of hydrogen-bond donors (Lipinski definition) is 0. The average Bonchev–Trinajstić information content (AvgIpc) is 3.46. The van der Waals surface area contributed by atoms with Gasteiger partial charge in [-0.25, -0.2) is 9.67 Å². The Hall–Kier alpha value is -3.76. The van der Waals surface area contributed by atoms with Gasteiger partial charge in [-0.1, -0.05) is 40.2 Å². The Kier molecular flexibility index (Phi) is 5.99. The number of thiazole rings is 1. The van der Waals surface area contributed by atoms with E-state index in [2.05, 4.69) is 20.9 Å². The van der Waals surface area contributed by atoms with Crippen molar-refractivity contribution in [2.24, 2.45) is 10.1 Å². The van der Waals surface area contributed by atoms with E-state index in [9.17, 15) is 10.1 Å². The van der Waals surface area contributed by atoms with E-state index in [0.29, 0.717) is 16.3 Å². The molecule has 10 heteroatoms. The molecule has 0 amide bonds. The van der Waals surface area contributed by atoms with Crippen LogP contribution in [0.4, 0.5) is 11.4 Å².